The number of amides is 2. The number of carbonyl (C=O) groups is 2. The predicted molar refractivity (Wildman–Crippen MR) is 124 cm³/mol. The Bertz CT molecular complexity index is 1180. The number of aromatic nitrogens is 3. The van der Waals surface area contributed by atoms with E-state index in [-0.39, 0.29) is 17.9 Å². The van der Waals surface area contributed by atoms with Gasteiger partial charge in [-0.05, 0) is 42.7 Å². The molecular formula is C25H27N5O2. The summed E-state index contributed by atoms with van der Waals surface area (Å²) in [6.07, 6.45) is 3.14. The topological polar surface area (TPSA) is 83.0 Å². The lowest BCUT2D eigenvalue weighted by Crippen LogP contribution is -2.41. The second-order valence-corrected chi connectivity index (χ2v) is 7.91. The molecular weight excluding hydrogens is 402 g/mol. The van der Waals surface area contributed by atoms with E-state index in [1.54, 1.807) is 22.6 Å². The van der Waals surface area contributed by atoms with Crippen LogP contribution in [0.5, 0.6) is 0 Å². The zero-order valence-electron chi connectivity index (χ0n) is 18.3. The number of carbonyl (C=O) groups excluding carboxylic acids is 2. The van der Waals surface area contributed by atoms with E-state index in [0.29, 0.717) is 30.9 Å². The maximum Gasteiger partial charge on any atom is 0.289 e. The van der Waals surface area contributed by atoms with Gasteiger partial charge in [0.05, 0.1) is 11.0 Å². The van der Waals surface area contributed by atoms with Gasteiger partial charge in [-0.1, -0.05) is 42.5 Å². The van der Waals surface area contributed by atoms with Crippen molar-refractivity contribution in [3.8, 4) is 0 Å². The van der Waals surface area contributed by atoms with Crippen LogP contribution in [-0.2, 0) is 13.5 Å². The third-order valence-corrected chi connectivity index (χ3v) is 5.71. The van der Waals surface area contributed by atoms with E-state index >= 15 is 0 Å². The van der Waals surface area contributed by atoms with E-state index in [1.165, 1.54) is 0 Å². The van der Waals surface area contributed by atoms with Gasteiger partial charge in [0.15, 0.2) is 5.82 Å². The number of aromatic amines is 1. The highest BCUT2D eigenvalue weighted by molar-refractivity contribution is 5.94. The largest absolute Gasteiger partial charge is 0.351 e. The van der Waals surface area contributed by atoms with E-state index in [0.717, 1.165) is 16.6 Å². The molecule has 0 aliphatic carbocycles. The molecule has 4 rings (SSSR count). The Balaban J connectivity index is 1.48. The molecule has 0 spiro atoms. The third-order valence-electron chi connectivity index (χ3n) is 5.71. The van der Waals surface area contributed by atoms with Gasteiger partial charge in [0, 0.05) is 32.9 Å². The van der Waals surface area contributed by atoms with Crippen LogP contribution < -0.4 is 5.32 Å². The Morgan fingerprint density at radius 1 is 1.06 bits per heavy atom. The van der Waals surface area contributed by atoms with E-state index in [2.05, 4.69) is 27.4 Å². The molecule has 0 saturated heterocycles. The molecule has 0 saturated carbocycles. The zero-order chi connectivity index (χ0) is 22.5. The van der Waals surface area contributed by atoms with E-state index in [1.807, 2.05) is 61.8 Å². The summed E-state index contributed by atoms with van der Waals surface area (Å²) < 4.78 is 1.79. The first-order valence-electron chi connectivity index (χ1n) is 10.7. The average Bonchev–Trinajstić information content (AvgIpc) is 3.44. The SMILES string of the molecule is CN(C(=O)c1nc2ccccc2[nH]1)[C@H](CCNC(=O)c1cccn1C)Cc1ccccc1. The lowest BCUT2D eigenvalue weighted by Gasteiger charge is -2.28. The van der Waals surface area contributed by atoms with Crippen molar-refractivity contribution in [1.29, 1.82) is 0 Å². The van der Waals surface area contributed by atoms with Crippen molar-refractivity contribution in [3.05, 3.63) is 90.0 Å². The van der Waals surface area contributed by atoms with Gasteiger partial charge in [0.1, 0.15) is 5.69 Å². The fourth-order valence-electron chi connectivity index (χ4n) is 3.85. The van der Waals surface area contributed by atoms with Crippen molar-refractivity contribution in [2.45, 2.75) is 18.9 Å². The Hall–Kier alpha value is -3.87. The standard InChI is InChI=1S/C25H27N5O2/c1-29-16-8-13-22(29)24(31)26-15-14-19(17-18-9-4-3-5-10-18)30(2)25(32)23-27-20-11-6-7-12-21(20)28-23/h3-13,16,19H,14-15,17H2,1-2H3,(H,26,31)(H,27,28)/t19-/m1/s1. The Morgan fingerprint density at radius 2 is 1.81 bits per heavy atom. The number of rotatable bonds is 8. The first-order valence-corrected chi connectivity index (χ1v) is 10.7. The number of hydrogen-bond acceptors (Lipinski definition) is 3. The zero-order valence-corrected chi connectivity index (χ0v) is 18.3. The molecule has 32 heavy (non-hydrogen) atoms. The van der Waals surface area contributed by atoms with Gasteiger partial charge in [-0.25, -0.2) is 4.98 Å². The summed E-state index contributed by atoms with van der Waals surface area (Å²) >= 11 is 0. The van der Waals surface area contributed by atoms with Gasteiger partial charge in [-0.2, -0.15) is 0 Å². The van der Waals surface area contributed by atoms with E-state index < -0.39 is 0 Å². The number of nitrogens with one attached hydrogen (secondary N) is 2. The molecule has 2 aromatic carbocycles. The predicted octanol–water partition coefficient (Wildman–Crippen LogP) is 3.40. The molecule has 0 aliphatic heterocycles. The molecule has 1 atom stereocenters. The number of fused-ring (bicyclic) bond motifs is 1. The second kappa shape index (κ2) is 9.51. The number of benzene rings is 2. The normalized spacial score (nSPS) is 11.9. The first-order chi connectivity index (χ1) is 15.5. The fourth-order valence-corrected chi connectivity index (χ4v) is 3.85. The second-order valence-electron chi connectivity index (χ2n) is 7.91. The lowest BCUT2D eigenvalue weighted by molar-refractivity contribution is 0.0712. The Kier molecular flexibility index (Phi) is 6.35. The van der Waals surface area contributed by atoms with Gasteiger partial charge in [-0.3, -0.25) is 9.59 Å². The number of aryl methyl sites for hydroxylation is 1. The molecule has 0 unspecified atom stereocenters. The molecule has 2 heterocycles. The minimum atomic E-state index is -0.170. The molecule has 2 amide bonds. The monoisotopic (exact) mass is 429 g/mol. The molecule has 7 heteroatoms. The average molecular weight is 430 g/mol. The molecule has 4 aromatic rings. The molecule has 164 valence electrons. The van der Waals surface area contributed by atoms with Crippen LogP contribution in [0.3, 0.4) is 0 Å². The quantitative estimate of drug-likeness (QED) is 0.450. The van der Waals surface area contributed by atoms with Crippen LogP contribution in [0.25, 0.3) is 11.0 Å². The van der Waals surface area contributed by atoms with Crippen LogP contribution in [0.4, 0.5) is 0 Å². The Morgan fingerprint density at radius 3 is 2.53 bits per heavy atom. The van der Waals surface area contributed by atoms with Crippen LogP contribution in [-0.4, -0.2) is 50.9 Å². The molecule has 0 fully saturated rings. The fraction of sp³-hybridized carbons (Fsp3) is 0.240. The van der Waals surface area contributed by atoms with Gasteiger partial charge in [-0.15, -0.1) is 0 Å². The molecule has 7 nitrogen and oxygen atoms in total. The Labute approximate surface area is 187 Å². The molecule has 0 aliphatic rings. The van der Waals surface area contributed by atoms with Gasteiger partial charge in [0.25, 0.3) is 11.8 Å². The summed E-state index contributed by atoms with van der Waals surface area (Å²) in [5.74, 6) is 0.0257. The summed E-state index contributed by atoms with van der Waals surface area (Å²) in [6.45, 7) is 0.458. The molecule has 0 bridgehead atoms. The maximum atomic E-state index is 13.2. The third kappa shape index (κ3) is 4.72. The highest BCUT2D eigenvalue weighted by Gasteiger charge is 2.24. The van der Waals surface area contributed by atoms with Crippen LogP contribution in [0.1, 0.15) is 33.1 Å². The van der Waals surface area contributed by atoms with Crippen molar-refractivity contribution in [3.63, 3.8) is 0 Å². The number of likely N-dealkylation sites (N-methyl/N-ethyl adjacent to an activating group) is 1. The van der Waals surface area contributed by atoms with Gasteiger partial charge < -0.3 is 19.8 Å². The van der Waals surface area contributed by atoms with Gasteiger partial charge in [0.2, 0.25) is 0 Å². The molecule has 0 radical (unpaired) electrons. The van der Waals surface area contributed by atoms with E-state index in [4.69, 9.17) is 0 Å². The van der Waals surface area contributed by atoms with Crippen LogP contribution in [0, 0.1) is 0 Å². The highest BCUT2D eigenvalue weighted by Crippen LogP contribution is 2.16. The number of imidazole rings is 1. The number of para-hydroxylation sites is 2. The number of H-pyrrole nitrogens is 1. The summed E-state index contributed by atoms with van der Waals surface area (Å²) in [5.41, 5.74) is 3.34. The van der Waals surface area contributed by atoms with Gasteiger partial charge >= 0.3 is 0 Å². The molecule has 2 aromatic heterocycles. The summed E-state index contributed by atoms with van der Waals surface area (Å²) in [4.78, 5) is 35.0. The van der Waals surface area contributed by atoms with Crippen molar-refractivity contribution < 1.29 is 9.59 Å². The van der Waals surface area contributed by atoms with Crippen molar-refractivity contribution in [1.82, 2.24) is 24.8 Å². The maximum absolute atomic E-state index is 13.2. The van der Waals surface area contributed by atoms with Crippen LogP contribution >= 0.6 is 0 Å². The summed E-state index contributed by atoms with van der Waals surface area (Å²) in [7, 11) is 3.63. The lowest BCUT2D eigenvalue weighted by atomic mass is 10.0. The number of nitrogens with zero attached hydrogens (tertiary/aromatic N) is 3. The molecule has 2 N–H and O–H groups in total. The van der Waals surface area contributed by atoms with Crippen molar-refractivity contribution in [2.75, 3.05) is 13.6 Å². The summed E-state index contributed by atoms with van der Waals surface area (Å²) in [6, 6.07) is 21.2. The minimum Gasteiger partial charge on any atom is -0.351 e. The highest BCUT2D eigenvalue weighted by atomic mass is 16.2. The smallest absolute Gasteiger partial charge is 0.289 e. The summed E-state index contributed by atoms with van der Waals surface area (Å²) in [5, 5.41) is 2.98. The van der Waals surface area contributed by atoms with Crippen LogP contribution in [0.15, 0.2) is 72.9 Å². The van der Waals surface area contributed by atoms with E-state index in [9.17, 15) is 9.59 Å². The minimum absolute atomic E-state index is 0.105. The van der Waals surface area contributed by atoms with Crippen molar-refractivity contribution in [2.24, 2.45) is 7.05 Å². The first kappa shape index (κ1) is 21.4. The number of hydrogen-bond donors (Lipinski definition) is 2. The van der Waals surface area contributed by atoms with Crippen LogP contribution in [0.2, 0.25) is 0 Å². The van der Waals surface area contributed by atoms with Crippen molar-refractivity contribution >= 4 is 22.8 Å².